The van der Waals surface area contributed by atoms with Crippen molar-refractivity contribution in [1.29, 1.82) is 0 Å². The van der Waals surface area contributed by atoms with Gasteiger partial charge in [-0.05, 0) is 49.1 Å². The van der Waals surface area contributed by atoms with Crippen molar-refractivity contribution in [3.63, 3.8) is 0 Å². The lowest BCUT2D eigenvalue weighted by Crippen LogP contribution is -2.50. The second-order valence-electron chi connectivity index (χ2n) is 6.44. The summed E-state index contributed by atoms with van der Waals surface area (Å²) in [7, 11) is 4.95. The van der Waals surface area contributed by atoms with Crippen LogP contribution < -0.4 is 9.47 Å². The molecule has 0 radical (unpaired) electrons. The Morgan fingerprint density at radius 1 is 1.12 bits per heavy atom. The highest BCUT2D eigenvalue weighted by Crippen LogP contribution is 2.38. The quantitative estimate of drug-likeness (QED) is 0.820. The number of fused-ring (bicyclic) bond motifs is 1. The lowest BCUT2D eigenvalue weighted by molar-refractivity contribution is -0.153. The molecule has 1 amide bonds. The van der Waals surface area contributed by atoms with Crippen LogP contribution in [-0.4, -0.2) is 56.4 Å². The molecule has 0 N–H and O–H groups in total. The largest absolute Gasteiger partial charge is 0.493 e. The Morgan fingerprint density at radius 3 is 2.52 bits per heavy atom. The maximum atomic E-state index is 12.8. The number of hydrogen-bond donors (Lipinski definition) is 0. The Bertz CT molecular complexity index is 674. The van der Waals surface area contributed by atoms with Crippen molar-refractivity contribution in [2.45, 2.75) is 31.8 Å². The van der Waals surface area contributed by atoms with Crippen LogP contribution in [0.2, 0.25) is 0 Å². The molecular formula is C19H26N2O4. The zero-order chi connectivity index (χ0) is 18.0. The molecule has 0 spiro atoms. The highest BCUT2D eigenvalue weighted by Gasteiger charge is 2.36. The topological polar surface area (TPSA) is 51.2 Å². The van der Waals surface area contributed by atoms with Crippen LogP contribution in [0.3, 0.4) is 0 Å². The Labute approximate surface area is 148 Å². The molecule has 0 aromatic heterocycles. The minimum absolute atomic E-state index is 0.00960. The van der Waals surface area contributed by atoms with Gasteiger partial charge in [-0.15, -0.1) is 0 Å². The smallest absolute Gasteiger partial charge is 0.261 e. The fourth-order valence-electron chi connectivity index (χ4n) is 3.79. The van der Waals surface area contributed by atoms with Gasteiger partial charge in [0.05, 0.1) is 32.9 Å². The van der Waals surface area contributed by atoms with Crippen LogP contribution in [-0.2, 0) is 9.53 Å². The summed E-state index contributed by atoms with van der Waals surface area (Å²) in [5.41, 5.74) is 2.02. The number of hydrazine groups is 1. The number of nitrogens with zero attached hydrogens (tertiary/aromatic N) is 2. The van der Waals surface area contributed by atoms with Crippen molar-refractivity contribution in [1.82, 2.24) is 10.0 Å². The molecule has 2 aliphatic rings. The summed E-state index contributed by atoms with van der Waals surface area (Å²) in [6.45, 7) is 3.54. The van der Waals surface area contributed by atoms with Gasteiger partial charge >= 0.3 is 0 Å². The summed E-state index contributed by atoms with van der Waals surface area (Å²) in [6, 6.07) is 4.02. The Morgan fingerprint density at radius 2 is 1.84 bits per heavy atom. The van der Waals surface area contributed by atoms with Crippen LogP contribution in [0.15, 0.2) is 18.2 Å². The van der Waals surface area contributed by atoms with Crippen LogP contribution in [0.4, 0.5) is 0 Å². The number of methoxy groups -OCH3 is 3. The molecule has 1 fully saturated rings. The predicted molar refractivity (Wildman–Crippen MR) is 95.4 cm³/mol. The molecule has 3 rings (SSSR count). The molecule has 2 atom stereocenters. The zero-order valence-corrected chi connectivity index (χ0v) is 15.3. The molecule has 2 heterocycles. The summed E-state index contributed by atoms with van der Waals surface area (Å²) in [5, 5.41) is 4.03. The SMILES string of the molecule is COC[C@@H]1CCCN1N1C(=O)C=Cc2cc(OC)c(OC)cc2[C@H]1C. The fourth-order valence-corrected chi connectivity index (χ4v) is 3.79. The lowest BCUT2D eigenvalue weighted by atomic mass is 10.0. The van der Waals surface area contributed by atoms with E-state index in [4.69, 9.17) is 14.2 Å². The monoisotopic (exact) mass is 346 g/mol. The molecule has 1 saturated heterocycles. The van der Waals surface area contributed by atoms with E-state index in [1.54, 1.807) is 27.4 Å². The van der Waals surface area contributed by atoms with E-state index >= 15 is 0 Å². The van der Waals surface area contributed by atoms with Gasteiger partial charge in [0.2, 0.25) is 0 Å². The number of rotatable bonds is 5. The van der Waals surface area contributed by atoms with E-state index in [1.807, 2.05) is 23.2 Å². The first-order valence-corrected chi connectivity index (χ1v) is 8.63. The highest BCUT2D eigenvalue weighted by molar-refractivity contribution is 5.93. The number of hydrogen-bond acceptors (Lipinski definition) is 5. The van der Waals surface area contributed by atoms with E-state index in [0.717, 1.165) is 30.5 Å². The van der Waals surface area contributed by atoms with E-state index in [-0.39, 0.29) is 18.0 Å². The molecule has 0 unspecified atom stereocenters. The van der Waals surface area contributed by atoms with Gasteiger partial charge in [-0.1, -0.05) is 0 Å². The number of benzene rings is 1. The molecule has 1 aromatic carbocycles. The summed E-state index contributed by atoms with van der Waals surface area (Å²) >= 11 is 0. The van der Waals surface area contributed by atoms with Gasteiger partial charge in [0.15, 0.2) is 11.5 Å². The van der Waals surface area contributed by atoms with E-state index in [2.05, 4.69) is 11.9 Å². The van der Waals surface area contributed by atoms with Crippen molar-refractivity contribution in [2.75, 3.05) is 34.5 Å². The number of carbonyl (C=O) groups excluding carboxylic acids is 1. The molecule has 25 heavy (non-hydrogen) atoms. The number of carbonyl (C=O) groups is 1. The normalized spacial score (nSPS) is 23.5. The van der Waals surface area contributed by atoms with Gasteiger partial charge in [-0.2, -0.15) is 0 Å². The van der Waals surface area contributed by atoms with Crippen LogP contribution in [0.1, 0.15) is 36.9 Å². The van der Waals surface area contributed by atoms with Crippen LogP contribution >= 0.6 is 0 Å². The minimum atomic E-state index is -0.102. The molecule has 2 aliphatic heterocycles. The van der Waals surface area contributed by atoms with E-state index in [1.165, 1.54) is 0 Å². The minimum Gasteiger partial charge on any atom is -0.493 e. The highest BCUT2D eigenvalue weighted by atomic mass is 16.5. The Balaban J connectivity index is 2.01. The third kappa shape index (κ3) is 3.24. The maximum absolute atomic E-state index is 12.8. The van der Waals surface area contributed by atoms with Crippen molar-refractivity contribution in [3.05, 3.63) is 29.3 Å². The average Bonchev–Trinajstić information content (AvgIpc) is 3.02. The third-order valence-electron chi connectivity index (χ3n) is 5.02. The third-order valence-corrected chi connectivity index (χ3v) is 5.02. The van der Waals surface area contributed by atoms with Crippen molar-refractivity contribution < 1.29 is 19.0 Å². The van der Waals surface area contributed by atoms with Crippen LogP contribution in [0.5, 0.6) is 11.5 Å². The standard InChI is InChI=1S/C19H26N2O4/c1-13-16-11-18(25-4)17(24-3)10-14(16)7-8-19(22)21(13)20-9-5-6-15(20)12-23-2/h7-8,10-11,13,15H,5-6,9,12H2,1-4H3/t13-,15+/m1/s1. The molecule has 0 aliphatic carbocycles. The van der Waals surface area contributed by atoms with Crippen molar-refractivity contribution in [2.24, 2.45) is 0 Å². The van der Waals surface area contributed by atoms with Gasteiger partial charge in [-0.25, -0.2) is 5.01 Å². The molecule has 0 saturated carbocycles. The number of amides is 1. The van der Waals surface area contributed by atoms with E-state index < -0.39 is 0 Å². The maximum Gasteiger partial charge on any atom is 0.261 e. The summed E-state index contributed by atoms with van der Waals surface area (Å²) in [5.74, 6) is 1.33. The fraction of sp³-hybridized carbons (Fsp3) is 0.526. The summed E-state index contributed by atoms with van der Waals surface area (Å²) in [6.07, 6.45) is 5.59. The van der Waals surface area contributed by atoms with Crippen LogP contribution in [0.25, 0.3) is 6.08 Å². The van der Waals surface area contributed by atoms with E-state index in [0.29, 0.717) is 18.1 Å². The Hall–Kier alpha value is -2.05. The van der Waals surface area contributed by atoms with Crippen molar-refractivity contribution in [3.8, 4) is 11.5 Å². The first kappa shape index (κ1) is 17.8. The van der Waals surface area contributed by atoms with Crippen molar-refractivity contribution >= 4 is 12.0 Å². The molecule has 136 valence electrons. The lowest BCUT2D eigenvalue weighted by Gasteiger charge is -2.39. The predicted octanol–water partition coefficient (Wildman–Crippen LogP) is 2.65. The molecule has 6 heteroatoms. The van der Waals surface area contributed by atoms with Gasteiger partial charge in [0.1, 0.15) is 0 Å². The second-order valence-corrected chi connectivity index (χ2v) is 6.44. The molecule has 0 bridgehead atoms. The van der Waals surface area contributed by atoms with Gasteiger partial charge in [-0.3, -0.25) is 9.80 Å². The van der Waals surface area contributed by atoms with Gasteiger partial charge in [0, 0.05) is 19.7 Å². The first-order valence-electron chi connectivity index (χ1n) is 8.63. The first-order chi connectivity index (χ1) is 12.1. The number of ether oxygens (including phenoxy) is 3. The Kier molecular flexibility index (Phi) is 5.30. The summed E-state index contributed by atoms with van der Waals surface area (Å²) < 4.78 is 16.2. The molecular weight excluding hydrogens is 320 g/mol. The molecule has 1 aromatic rings. The van der Waals surface area contributed by atoms with Gasteiger partial charge < -0.3 is 14.2 Å². The van der Waals surface area contributed by atoms with Gasteiger partial charge in [0.25, 0.3) is 5.91 Å². The van der Waals surface area contributed by atoms with Crippen LogP contribution in [0, 0.1) is 0 Å². The molecule has 6 nitrogen and oxygen atoms in total. The van der Waals surface area contributed by atoms with E-state index in [9.17, 15) is 4.79 Å². The average molecular weight is 346 g/mol. The second kappa shape index (κ2) is 7.45. The summed E-state index contributed by atoms with van der Waals surface area (Å²) in [4.78, 5) is 12.8. The zero-order valence-electron chi connectivity index (χ0n) is 15.3.